The first-order valence-corrected chi connectivity index (χ1v) is 25.0. The van der Waals surface area contributed by atoms with Crippen molar-refractivity contribution in [2.24, 2.45) is 0 Å². The number of rotatable bonds is 41. The van der Waals surface area contributed by atoms with Crippen molar-refractivity contribution in [3.8, 4) is 0 Å². The van der Waals surface area contributed by atoms with Crippen LogP contribution in [0.25, 0.3) is 0 Å². The number of esters is 2. The van der Waals surface area contributed by atoms with E-state index in [-0.39, 0.29) is 32.0 Å². The van der Waals surface area contributed by atoms with E-state index in [9.17, 15) is 30.0 Å². The Hall–Kier alpha value is -2.86. The molecule has 362 valence electrons. The molecule has 1 rings (SSSR count). The van der Waals surface area contributed by atoms with Crippen LogP contribution in [0.5, 0.6) is 0 Å². The molecule has 0 aliphatic carbocycles. The van der Waals surface area contributed by atoms with Gasteiger partial charge in [0.25, 0.3) is 0 Å². The maximum atomic E-state index is 12.8. The number of aliphatic hydroxyl groups excluding tert-OH is 4. The molecule has 0 amide bonds. The van der Waals surface area contributed by atoms with E-state index in [1.165, 1.54) is 83.5 Å². The second-order valence-electron chi connectivity index (χ2n) is 16.9. The van der Waals surface area contributed by atoms with E-state index in [4.69, 9.17) is 18.9 Å². The summed E-state index contributed by atoms with van der Waals surface area (Å²) in [5, 5.41) is 40.2. The first-order chi connectivity index (χ1) is 30.8. The molecule has 63 heavy (non-hydrogen) atoms. The molecule has 0 bridgehead atoms. The van der Waals surface area contributed by atoms with Crippen LogP contribution in [0.2, 0.25) is 0 Å². The Kier molecular flexibility index (Phi) is 39.7. The Bertz CT molecular complexity index is 1250. The maximum absolute atomic E-state index is 12.8. The van der Waals surface area contributed by atoms with Gasteiger partial charge in [0.1, 0.15) is 31.0 Å². The predicted octanol–water partition coefficient (Wildman–Crippen LogP) is 11.6. The average molecular weight is 887 g/mol. The van der Waals surface area contributed by atoms with Gasteiger partial charge in [-0.15, -0.1) is 0 Å². The minimum absolute atomic E-state index is 0.187. The Morgan fingerprint density at radius 1 is 0.508 bits per heavy atom. The molecule has 0 aromatic heterocycles. The number of allylic oxidation sites excluding steroid dienone is 12. The largest absolute Gasteiger partial charge is 0.462 e. The fraction of sp³-hybridized carbons (Fsp3) is 0.736. The topological polar surface area (TPSA) is 152 Å². The van der Waals surface area contributed by atoms with Crippen LogP contribution in [0.4, 0.5) is 0 Å². The summed E-state index contributed by atoms with van der Waals surface area (Å²) < 4.78 is 22.2. The van der Waals surface area contributed by atoms with Gasteiger partial charge < -0.3 is 39.4 Å². The third kappa shape index (κ3) is 34.2. The van der Waals surface area contributed by atoms with Gasteiger partial charge in [0.05, 0.1) is 13.2 Å². The SMILES string of the molecule is CC/C=C/C/C=C/C/C=C/C/C=C/C/C=C/CCCCCC(=O)O[C@@H](COC(=O)CCCCCCCCCCC/C=C/CCCCCCCC)CO[C@H]1O[C@@H](CO)[C@@H](O)C(O)C1O. The third-order valence-corrected chi connectivity index (χ3v) is 11.1. The molecule has 0 saturated carbocycles. The fourth-order valence-electron chi connectivity index (χ4n) is 7.15. The zero-order valence-electron chi connectivity index (χ0n) is 39.6. The van der Waals surface area contributed by atoms with E-state index in [2.05, 4.69) is 86.8 Å². The second kappa shape index (κ2) is 43.1. The van der Waals surface area contributed by atoms with Crippen molar-refractivity contribution in [2.75, 3.05) is 19.8 Å². The highest BCUT2D eigenvalue weighted by Crippen LogP contribution is 2.23. The monoisotopic (exact) mass is 887 g/mol. The highest BCUT2D eigenvalue weighted by molar-refractivity contribution is 5.70. The Morgan fingerprint density at radius 3 is 1.44 bits per heavy atom. The van der Waals surface area contributed by atoms with Crippen molar-refractivity contribution in [1.29, 1.82) is 0 Å². The second-order valence-corrected chi connectivity index (χ2v) is 16.9. The van der Waals surface area contributed by atoms with E-state index < -0.39 is 49.4 Å². The van der Waals surface area contributed by atoms with Crippen LogP contribution >= 0.6 is 0 Å². The summed E-state index contributed by atoms with van der Waals surface area (Å²) in [4.78, 5) is 25.4. The third-order valence-electron chi connectivity index (χ3n) is 11.1. The lowest BCUT2D eigenvalue weighted by molar-refractivity contribution is -0.305. The van der Waals surface area contributed by atoms with Gasteiger partial charge in [-0.3, -0.25) is 9.59 Å². The molecular formula is C53H90O10. The summed E-state index contributed by atoms with van der Waals surface area (Å²) in [5.74, 6) is -0.848. The highest BCUT2D eigenvalue weighted by atomic mass is 16.7. The minimum Gasteiger partial charge on any atom is -0.462 e. The van der Waals surface area contributed by atoms with E-state index in [1.54, 1.807) is 0 Å². The van der Waals surface area contributed by atoms with Crippen LogP contribution < -0.4 is 0 Å². The molecule has 1 fully saturated rings. The lowest BCUT2D eigenvalue weighted by Crippen LogP contribution is -2.59. The molecule has 1 aliphatic rings. The van der Waals surface area contributed by atoms with Crippen LogP contribution in [0.1, 0.15) is 194 Å². The van der Waals surface area contributed by atoms with Gasteiger partial charge in [-0.05, 0) is 83.5 Å². The summed E-state index contributed by atoms with van der Waals surface area (Å²) in [6, 6.07) is 0. The standard InChI is InChI=1S/C53H90O10/c1-3-5-7-9-11-13-15-17-19-21-23-25-27-29-31-33-35-37-39-41-48(55)60-44-46(45-61-53-52(59)51(58)50(57)47(43-54)63-53)62-49(56)42-40-38-36-34-32-30-28-26-24-22-20-18-16-14-12-10-8-6-4-2/h6,8,12,14,17-20,24,26,30,32,46-47,50-54,57-59H,3-5,7,9-11,13,15-16,21-23,25,27-29,31,33-45H2,1-2H3/b8-6+,14-12+,19-17+,20-18+,26-24+,32-30+/t46-,47-,50+,51?,52?,53-/m0/s1. The van der Waals surface area contributed by atoms with Crippen molar-refractivity contribution >= 4 is 11.9 Å². The van der Waals surface area contributed by atoms with Crippen molar-refractivity contribution < 1.29 is 49.0 Å². The number of ether oxygens (including phenoxy) is 4. The molecule has 6 atom stereocenters. The molecular weight excluding hydrogens is 797 g/mol. The Morgan fingerprint density at radius 2 is 0.937 bits per heavy atom. The van der Waals surface area contributed by atoms with Gasteiger partial charge in [0, 0.05) is 12.8 Å². The van der Waals surface area contributed by atoms with Crippen LogP contribution in [-0.2, 0) is 28.5 Å². The predicted molar refractivity (Wildman–Crippen MR) is 256 cm³/mol. The molecule has 1 aliphatic heterocycles. The van der Waals surface area contributed by atoms with Gasteiger partial charge in [-0.25, -0.2) is 0 Å². The number of hydrogen-bond acceptors (Lipinski definition) is 10. The quantitative estimate of drug-likeness (QED) is 0.0265. The highest BCUT2D eigenvalue weighted by Gasteiger charge is 2.44. The Labute approximate surface area is 383 Å². The smallest absolute Gasteiger partial charge is 0.306 e. The van der Waals surface area contributed by atoms with Crippen LogP contribution in [0, 0.1) is 0 Å². The van der Waals surface area contributed by atoms with Crippen molar-refractivity contribution in [2.45, 2.75) is 230 Å². The van der Waals surface area contributed by atoms with E-state index in [0.29, 0.717) is 6.42 Å². The molecule has 2 unspecified atom stereocenters. The number of carbonyl (C=O) groups is 2. The number of carbonyl (C=O) groups excluding carboxylic acids is 2. The summed E-state index contributed by atoms with van der Waals surface area (Å²) in [5.41, 5.74) is 0. The number of aliphatic hydroxyl groups is 4. The zero-order chi connectivity index (χ0) is 45.9. The zero-order valence-corrected chi connectivity index (χ0v) is 39.6. The summed E-state index contributed by atoms with van der Waals surface area (Å²) in [7, 11) is 0. The first kappa shape index (κ1) is 58.2. The summed E-state index contributed by atoms with van der Waals surface area (Å²) in [6.07, 6.45) is 47.6. The minimum atomic E-state index is -1.61. The molecule has 10 heteroatoms. The molecule has 1 heterocycles. The number of unbranched alkanes of at least 4 members (excludes halogenated alkanes) is 18. The van der Waals surface area contributed by atoms with Gasteiger partial charge in [0.2, 0.25) is 0 Å². The molecule has 0 spiro atoms. The molecule has 0 radical (unpaired) electrons. The first-order valence-electron chi connectivity index (χ1n) is 25.0. The van der Waals surface area contributed by atoms with Gasteiger partial charge in [0.15, 0.2) is 12.4 Å². The summed E-state index contributed by atoms with van der Waals surface area (Å²) >= 11 is 0. The number of hydrogen-bond donors (Lipinski definition) is 4. The van der Waals surface area contributed by atoms with Crippen LogP contribution in [0.3, 0.4) is 0 Å². The van der Waals surface area contributed by atoms with E-state index in [1.807, 2.05) is 0 Å². The average Bonchev–Trinajstić information content (AvgIpc) is 3.28. The van der Waals surface area contributed by atoms with Crippen LogP contribution in [0.15, 0.2) is 72.9 Å². The molecule has 4 N–H and O–H groups in total. The molecule has 0 aromatic rings. The maximum Gasteiger partial charge on any atom is 0.306 e. The van der Waals surface area contributed by atoms with Gasteiger partial charge in [-0.2, -0.15) is 0 Å². The summed E-state index contributed by atoms with van der Waals surface area (Å²) in [6.45, 7) is 3.28. The van der Waals surface area contributed by atoms with Crippen molar-refractivity contribution in [3.63, 3.8) is 0 Å². The lowest BCUT2D eigenvalue weighted by atomic mass is 9.99. The fourth-order valence-corrected chi connectivity index (χ4v) is 7.15. The molecule has 1 saturated heterocycles. The molecule has 0 aromatic carbocycles. The lowest BCUT2D eigenvalue weighted by Gasteiger charge is -2.39. The van der Waals surface area contributed by atoms with Gasteiger partial charge in [-0.1, -0.05) is 170 Å². The van der Waals surface area contributed by atoms with Crippen LogP contribution in [-0.4, -0.2) is 89.0 Å². The van der Waals surface area contributed by atoms with Crippen molar-refractivity contribution in [1.82, 2.24) is 0 Å². The van der Waals surface area contributed by atoms with Gasteiger partial charge >= 0.3 is 11.9 Å². The normalized spacial score (nSPS) is 20.1. The van der Waals surface area contributed by atoms with Crippen molar-refractivity contribution in [3.05, 3.63) is 72.9 Å². The van der Waals surface area contributed by atoms with E-state index in [0.717, 1.165) is 77.0 Å². The molecule has 10 nitrogen and oxygen atoms in total. The van der Waals surface area contributed by atoms with E-state index >= 15 is 0 Å². The Balaban J connectivity index is 2.31.